The lowest BCUT2D eigenvalue weighted by Gasteiger charge is -2.29. The molecular formula is C13H24N2O5. The average Bonchev–Trinajstić information content (AvgIpc) is 2.80. The molecule has 0 saturated heterocycles. The van der Waals surface area contributed by atoms with Crippen molar-refractivity contribution < 1.29 is 24.5 Å². The summed E-state index contributed by atoms with van der Waals surface area (Å²) >= 11 is 0. The van der Waals surface area contributed by atoms with Crippen LogP contribution >= 0.6 is 0 Å². The summed E-state index contributed by atoms with van der Waals surface area (Å²) in [4.78, 5) is 24.3. The van der Waals surface area contributed by atoms with Crippen LogP contribution in [0.2, 0.25) is 0 Å². The molecule has 0 bridgehead atoms. The molecule has 0 radical (unpaired) electrons. The molecule has 20 heavy (non-hydrogen) atoms. The van der Waals surface area contributed by atoms with Gasteiger partial charge in [0.1, 0.15) is 6.04 Å². The van der Waals surface area contributed by atoms with Crippen LogP contribution in [0.15, 0.2) is 0 Å². The van der Waals surface area contributed by atoms with E-state index >= 15 is 0 Å². The van der Waals surface area contributed by atoms with E-state index in [0.29, 0.717) is 12.8 Å². The number of amides is 2. The Morgan fingerprint density at radius 1 is 1.40 bits per heavy atom. The maximum Gasteiger partial charge on any atom is 0.326 e. The van der Waals surface area contributed by atoms with Crippen molar-refractivity contribution in [1.82, 2.24) is 10.2 Å². The smallest absolute Gasteiger partial charge is 0.326 e. The van der Waals surface area contributed by atoms with Gasteiger partial charge in [0.2, 0.25) is 0 Å². The van der Waals surface area contributed by atoms with Gasteiger partial charge in [-0.25, -0.2) is 9.59 Å². The number of nitrogens with zero attached hydrogens (tertiary/aromatic N) is 1. The van der Waals surface area contributed by atoms with Gasteiger partial charge in [-0.2, -0.15) is 0 Å². The molecule has 0 spiro atoms. The van der Waals surface area contributed by atoms with Gasteiger partial charge in [0.15, 0.2) is 0 Å². The predicted molar refractivity (Wildman–Crippen MR) is 72.5 cm³/mol. The van der Waals surface area contributed by atoms with Gasteiger partial charge in [-0.15, -0.1) is 0 Å². The second-order valence-corrected chi connectivity index (χ2v) is 5.41. The molecule has 1 atom stereocenters. The van der Waals surface area contributed by atoms with Gasteiger partial charge in [-0.05, 0) is 12.8 Å². The third-order valence-corrected chi connectivity index (χ3v) is 3.62. The van der Waals surface area contributed by atoms with Crippen molar-refractivity contribution in [3.05, 3.63) is 0 Å². The monoisotopic (exact) mass is 288 g/mol. The summed E-state index contributed by atoms with van der Waals surface area (Å²) in [5.41, 5.74) is -0.836. The number of aliphatic carboxylic acids is 1. The van der Waals surface area contributed by atoms with Crippen molar-refractivity contribution in [3.63, 3.8) is 0 Å². The molecule has 3 N–H and O–H groups in total. The van der Waals surface area contributed by atoms with Crippen LogP contribution in [0, 0.1) is 0 Å². The lowest BCUT2D eigenvalue weighted by Crippen LogP contribution is -2.50. The molecular weight excluding hydrogens is 264 g/mol. The Hall–Kier alpha value is -1.34. The largest absolute Gasteiger partial charge is 0.480 e. The van der Waals surface area contributed by atoms with Crippen LogP contribution in [-0.2, 0) is 9.53 Å². The summed E-state index contributed by atoms with van der Waals surface area (Å²) in [5, 5.41) is 21.7. The Morgan fingerprint density at radius 2 is 2.00 bits per heavy atom. The maximum absolute atomic E-state index is 12.0. The molecule has 116 valence electrons. The topological polar surface area (TPSA) is 99.1 Å². The number of ether oxygens (including phenoxy) is 1. The standard InChI is InChI=1S/C13H24N2O5/c1-15(9-13(19)6-3-4-7-13)12(18)14-10(11(16)17)5-8-20-2/h10,19H,3-9H2,1-2H3,(H,14,18)(H,16,17). The van der Waals surface area contributed by atoms with E-state index in [9.17, 15) is 14.7 Å². The Balaban J connectivity index is 2.48. The van der Waals surface area contributed by atoms with Gasteiger partial charge in [-0.1, -0.05) is 12.8 Å². The number of hydrogen-bond donors (Lipinski definition) is 3. The highest BCUT2D eigenvalue weighted by molar-refractivity contribution is 5.82. The third kappa shape index (κ3) is 4.97. The molecule has 0 aromatic rings. The first kappa shape index (κ1) is 16.7. The fraction of sp³-hybridized carbons (Fsp3) is 0.846. The van der Waals surface area contributed by atoms with Crippen LogP contribution < -0.4 is 5.32 Å². The van der Waals surface area contributed by atoms with Crippen molar-refractivity contribution >= 4 is 12.0 Å². The molecule has 0 aromatic carbocycles. The minimum Gasteiger partial charge on any atom is -0.480 e. The number of methoxy groups -OCH3 is 1. The lowest BCUT2D eigenvalue weighted by atomic mass is 10.0. The van der Waals surface area contributed by atoms with Gasteiger partial charge in [0, 0.05) is 27.2 Å². The van der Waals surface area contributed by atoms with Gasteiger partial charge in [-0.3, -0.25) is 0 Å². The number of likely N-dealkylation sites (N-methyl/N-ethyl adjacent to an activating group) is 1. The minimum atomic E-state index is -1.09. The number of rotatable bonds is 7. The fourth-order valence-corrected chi connectivity index (χ4v) is 2.46. The average molecular weight is 288 g/mol. The highest BCUT2D eigenvalue weighted by Crippen LogP contribution is 2.29. The molecule has 0 heterocycles. The number of carboxylic acids is 1. The first-order valence-electron chi connectivity index (χ1n) is 6.84. The SMILES string of the molecule is COCCC(NC(=O)N(C)CC1(O)CCCC1)C(=O)O. The van der Waals surface area contributed by atoms with Crippen molar-refractivity contribution in [2.75, 3.05) is 27.3 Å². The fourth-order valence-electron chi connectivity index (χ4n) is 2.46. The van der Waals surface area contributed by atoms with Crippen LogP contribution in [-0.4, -0.2) is 66.1 Å². The first-order valence-corrected chi connectivity index (χ1v) is 6.84. The molecule has 2 amide bonds. The maximum atomic E-state index is 12.0. The Morgan fingerprint density at radius 3 is 2.50 bits per heavy atom. The molecule has 1 rings (SSSR count). The number of aliphatic hydroxyl groups is 1. The zero-order chi connectivity index (χ0) is 15.2. The van der Waals surface area contributed by atoms with Crippen molar-refractivity contribution in [2.24, 2.45) is 0 Å². The number of carbonyl (C=O) groups excluding carboxylic acids is 1. The molecule has 7 heteroatoms. The molecule has 1 saturated carbocycles. The van der Waals surface area contributed by atoms with Crippen LogP contribution in [0.3, 0.4) is 0 Å². The quantitative estimate of drug-likeness (QED) is 0.630. The molecule has 1 aliphatic rings. The van der Waals surface area contributed by atoms with E-state index in [-0.39, 0.29) is 19.6 Å². The molecule has 0 aromatic heterocycles. The number of hydrogen-bond acceptors (Lipinski definition) is 4. The zero-order valence-corrected chi connectivity index (χ0v) is 12.1. The van der Waals surface area contributed by atoms with E-state index < -0.39 is 23.6 Å². The van der Waals surface area contributed by atoms with E-state index in [4.69, 9.17) is 9.84 Å². The Bertz CT molecular complexity index is 342. The minimum absolute atomic E-state index is 0.204. The van der Waals surface area contributed by atoms with Gasteiger partial charge in [0.25, 0.3) is 0 Å². The second-order valence-electron chi connectivity index (χ2n) is 5.41. The van der Waals surface area contributed by atoms with E-state index in [2.05, 4.69) is 5.32 Å². The Kier molecular flexibility index (Phi) is 6.22. The number of urea groups is 1. The molecule has 1 fully saturated rings. The molecule has 1 unspecified atom stereocenters. The summed E-state index contributed by atoms with van der Waals surface area (Å²) in [6.07, 6.45) is 3.47. The highest BCUT2D eigenvalue weighted by atomic mass is 16.5. The predicted octanol–water partition coefficient (Wildman–Crippen LogP) is 0.423. The number of carbonyl (C=O) groups is 2. The Labute approximate surface area is 118 Å². The summed E-state index contributed by atoms with van der Waals surface area (Å²) in [7, 11) is 3.03. The van der Waals surface area contributed by atoms with Crippen molar-refractivity contribution in [1.29, 1.82) is 0 Å². The zero-order valence-electron chi connectivity index (χ0n) is 12.1. The van der Waals surface area contributed by atoms with Gasteiger partial charge >= 0.3 is 12.0 Å². The lowest BCUT2D eigenvalue weighted by molar-refractivity contribution is -0.139. The van der Waals surface area contributed by atoms with Crippen molar-refractivity contribution in [3.8, 4) is 0 Å². The highest BCUT2D eigenvalue weighted by Gasteiger charge is 2.34. The van der Waals surface area contributed by atoms with E-state index in [1.54, 1.807) is 7.05 Å². The summed E-state index contributed by atoms with van der Waals surface area (Å²) in [6, 6.07) is -1.48. The summed E-state index contributed by atoms with van der Waals surface area (Å²) < 4.78 is 4.82. The van der Waals surface area contributed by atoms with E-state index in [0.717, 1.165) is 12.8 Å². The van der Waals surface area contributed by atoms with Gasteiger partial charge < -0.3 is 25.2 Å². The molecule has 7 nitrogen and oxygen atoms in total. The van der Waals surface area contributed by atoms with Crippen LogP contribution in [0.4, 0.5) is 4.79 Å². The number of nitrogens with one attached hydrogen (secondary N) is 1. The van der Waals surface area contributed by atoms with Crippen LogP contribution in [0.5, 0.6) is 0 Å². The normalized spacial score (nSPS) is 18.6. The number of carboxylic acid groups (broad SMARTS) is 1. The van der Waals surface area contributed by atoms with E-state index in [1.807, 2.05) is 0 Å². The van der Waals surface area contributed by atoms with Gasteiger partial charge in [0.05, 0.1) is 12.1 Å². The summed E-state index contributed by atoms with van der Waals surface area (Å²) in [5.74, 6) is -1.09. The van der Waals surface area contributed by atoms with Crippen molar-refractivity contribution in [2.45, 2.75) is 43.7 Å². The summed E-state index contributed by atoms with van der Waals surface area (Å²) in [6.45, 7) is 0.473. The third-order valence-electron chi connectivity index (χ3n) is 3.62. The second kappa shape index (κ2) is 7.44. The molecule has 1 aliphatic carbocycles. The van der Waals surface area contributed by atoms with Crippen LogP contribution in [0.25, 0.3) is 0 Å². The van der Waals surface area contributed by atoms with Crippen LogP contribution in [0.1, 0.15) is 32.1 Å². The first-order chi connectivity index (χ1) is 9.38. The van der Waals surface area contributed by atoms with E-state index in [1.165, 1.54) is 12.0 Å². The molecule has 0 aliphatic heterocycles.